The van der Waals surface area contributed by atoms with E-state index in [1.54, 1.807) is 13.8 Å². The van der Waals surface area contributed by atoms with Crippen LogP contribution in [0.25, 0.3) is 0 Å². The summed E-state index contributed by atoms with van der Waals surface area (Å²) in [4.78, 5) is 23.3. The first-order valence-corrected chi connectivity index (χ1v) is 8.29. The van der Waals surface area contributed by atoms with Gasteiger partial charge in [0, 0.05) is 0 Å². The van der Waals surface area contributed by atoms with Gasteiger partial charge < -0.3 is 37.9 Å². The third kappa shape index (κ3) is 3.14. The maximum atomic E-state index is 14.7. The highest BCUT2D eigenvalue weighted by atomic mass is 19.1. The van der Waals surface area contributed by atoms with Crippen LogP contribution >= 0.6 is 0 Å². The van der Waals surface area contributed by atoms with Gasteiger partial charge >= 0.3 is 12.1 Å². The number of alkyl halides is 1. The summed E-state index contributed by atoms with van der Waals surface area (Å²) in [6, 6.07) is 0. The summed E-state index contributed by atoms with van der Waals surface area (Å²) in [5.74, 6) is -1.24. The van der Waals surface area contributed by atoms with Gasteiger partial charge in [-0.1, -0.05) is 0 Å². The number of carbonyl (C=O) groups is 2. The van der Waals surface area contributed by atoms with E-state index in [1.165, 1.54) is 0 Å². The molecule has 4 heterocycles. The Balaban J connectivity index is 1.49. The third-order valence-corrected chi connectivity index (χ3v) is 4.56. The number of rotatable bonds is 3. The summed E-state index contributed by atoms with van der Waals surface area (Å²) in [6.07, 6.45) is -5.85. The molecule has 4 saturated heterocycles. The van der Waals surface area contributed by atoms with Crippen LogP contribution in [-0.4, -0.2) is 80.9 Å². The molecule has 0 aromatic heterocycles. The maximum absolute atomic E-state index is 14.7. The van der Waals surface area contributed by atoms with Gasteiger partial charge in [0.15, 0.2) is 31.1 Å². The fourth-order valence-electron chi connectivity index (χ4n) is 3.28. The van der Waals surface area contributed by atoms with Gasteiger partial charge in [-0.05, 0) is 13.8 Å². The molecule has 10 nitrogen and oxygen atoms in total. The molecule has 4 rings (SSSR count). The highest BCUT2D eigenvalue weighted by Gasteiger charge is 2.59. The highest BCUT2D eigenvalue weighted by molar-refractivity contribution is 5.81. The second kappa shape index (κ2) is 6.57. The zero-order valence-electron chi connectivity index (χ0n) is 14.1. The average molecular weight is 378 g/mol. The molecule has 3 unspecified atom stereocenters. The van der Waals surface area contributed by atoms with Gasteiger partial charge in [-0.25, -0.2) is 14.0 Å². The highest BCUT2D eigenvalue weighted by Crippen LogP contribution is 2.38. The Labute approximate surface area is 147 Å². The van der Waals surface area contributed by atoms with Crippen LogP contribution in [0.4, 0.5) is 9.18 Å². The van der Waals surface area contributed by atoms with Crippen molar-refractivity contribution in [1.82, 2.24) is 0 Å². The minimum atomic E-state index is -2.61. The van der Waals surface area contributed by atoms with Crippen LogP contribution in [0.1, 0.15) is 13.8 Å². The molecule has 7 atom stereocenters. The van der Waals surface area contributed by atoms with Crippen molar-refractivity contribution in [3.63, 3.8) is 0 Å². The number of ether oxygens (including phenoxy) is 8. The van der Waals surface area contributed by atoms with Crippen LogP contribution in [0.5, 0.6) is 0 Å². The van der Waals surface area contributed by atoms with Gasteiger partial charge in [-0.15, -0.1) is 0 Å². The molecule has 0 N–H and O–H groups in total. The van der Waals surface area contributed by atoms with Crippen molar-refractivity contribution in [1.29, 1.82) is 0 Å². The van der Waals surface area contributed by atoms with Gasteiger partial charge in [0.2, 0.25) is 0 Å². The second-order valence-corrected chi connectivity index (χ2v) is 6.51. The molecule has 0 aromatic carbocycles. The Morgan fingerprint density at radius 1 is 1.08 bits per heavy atom. The predicted octanol–water partition coefficient (Wildman–Crippen LogP) is 0.0210. The first-order valence-electron chi connectivity index (χ1n) is 8.29. The minimum Gasteiger partial charge on any atom is -0.454 e. The number of fused-ring (bicyclic) bond motifs is 1. The van der Waals surface area contributed by atoms with Gasteiger partial charge in [0.25, 0.3) is 5.67 Å². The van der Waals surface area contributed by atoms with Crippen LogP contribution in [0, 0.1) is 0 Å². The average Bonchev–Trinajstić information content (AvgIpc) is 3.26. The molecule has 4 aliphatic heterocycles. The van der Waals surface area contributed by atoms with Crippen LogP contribution in [-0.2, 0) is 42.7 Å². The largest absolute Gasteiger partial charge is 0.508 e. The van der Waals surface area contributed by atoms with E-state index in [0.29, 0.717) is 0 Å². The summed E-state index contributed by atoms with van der Waals surface area (Å²) in [5.41, 5.74) is -2.61. The lowest BCUT2D eigenvalue weighted by Gasteiger charge is -2.30. The Bertz CT molecular complexity index is 575. The Morgan fingerprint density at radius 2 is 1.81 bits per heavy atom. The van der Waals surface area contributed by atoms with E-state index in [0.717, 1.165) is 0 Å². The zero-order valence-corrected chi connectivity index (χ0v) is 14.1. The normalized spacial score (nSPS) is 44.3. The first-order chi connectivity index (χ1) is 12.4. The topological polar surface area (TPSA) is 108 Å². The summed E-state index contributed by atoms with van der Waals surface area (Å²) in [5, 5.41) is 0. The molecule has 0 amide bonds. The van der Waals surface area contributed by atoms with Gasteiger partial charge in [-0.3, -0.25) is 0 Å². The molecule has 146 valence electrons. The second-order valence-electron chi connectivity index (χ2n) is 6.51. The van der Waals surface area contributed by atoms with Crippen molar-refractivity contribution in [2.45, 2.75) is 62.8 Å². The minimum absolute atomic E-state index is 0.219. The van der Waals surface area contributed by atoms with Crippen LogP contribution in [0.15, 0.2) is 0 Å². The summed E-state index contributed by atoms with van der Waals surface area (Å²) < 4.78 is 56.8. The molecular weight excluding hydrogens is 359 g/mol. The zero-order chi connectivity index (χ0) is 18.5. The molecule has 0 radical (unpaired) electrons. The van der Waals surface area contributed by atoms with Gasteiger partial charge in [0.05, 0.1) is 6.61 Å². The van der Waals surface area contributed by atoms with Gasteiger partial charge in [0.1, 0.15) is 25.4 Å². The summed E-state index contributed by atoms with van der Waals surface area (Å²) in [7, 11) is 0. The van der Waals surface area contributed by atoms with Crippen molar-refractivity contribution < 1.29 is 51.9 Å². The lowest BCUT2D eigenvalue weighted by atomic mass is 10.0. The predicted molar refractivity (Wildman–Crippen MR) is 75.4 cm³/mol. The molecule has 0 spiro atoms. The lowest BCUT2D eigenvalue weighted by Crippen LogP contribution is -2.53. The number of hydrogen-bond donors (Lipinski definition) is 0. The van der Waals surface area contributed by atoms with Crippen LogP contribution in [0.3, 0.4) is 0 Å². The molecule has 4 fully saturated rings. The van der Waals surface area contributed by atoms with E-state index in [1.807, 2.05) is 0 Å². The van der Waals surface area contributed by atoms with E-state index < -0.39 is 74.3 Å². The Hall–Kier alpha value is -1.53. The fourth-order valence-corrected chi connectivity index (χ4v) is 3.28. The first kappa shape index (κ1) is 17.9. The van der Waals surface area contributed by atoms with E-state index in [9.17, 15) is 14.0 Å². The molecule has 0 aliphatic carbocycles. The molecule has 0 saturated carbocycles. The molecule has 0 aromatic rings. The Kier molecular flexibility index (Phi) is 4.51. The number of esters is 1. The monoisotopic (exact) mass is 378 g/mol. The quantitative estimate of drug-likeness (QED) is 0.624. The van der Waals surface area contributed by atoms with Gasteiger partial charge in [-0.2, -0.15) is 0 Å². The molecule has 4 aliphatic rings. The van der Waals surface area contributed by atoms with Crippen molar-refractivity contribution in [3.8, 4) is 0 Å². The number of halogens is 1. The maximum Gasteiger partial charge on any atom is 0.508 e. The van der Waals surface area contributed by atoms with Crippen molar-refractivity contribution in [2.24, 2.45) is 0 Å². The smallest absolute Gasteiger partial charge is 0.454 e. The van der Waals surface area contributed by atoms with Crippen LogP contribution < -0.4 is 0 Å². The molecular formula is C15H19FO10. The van der Waals surface area contributed by atoms with Crippen LogP contribution in [0.2, 0.25) is 0 Å². The van der Waals surface area contributed by atoms with E-state index >= 15 is 0 Å². The van der Waals surface area contributed by atoms with E-state index in [-0.39, 0.29) is 6.61 Å². The van der Waals surface area contributed by atoms with Crippen molar-refractivity contribution >= 4 is 12.1 Å². The molecule has 11 heteroatoms. The Morgan fingerprint density at radius 3 is 2.46 bits per heavy atom. The van der Waals surface area contributed by atoms with E-state index in [4.69, 9.17) is 28.4 Å². The number of carbonyl (C=O) groups excluding carboxylic acids is 2. The lowest BCUT2D eigenvalue weighted by molar-refractivity contribution is -0.204. The SMILES string of the molecule is CC1OCC([C@H]2O[C@@H]3OC(C)O[C@@H]3[C@H]2OC(=O)C2(F)COC(=O)OC2)O1. The third-order valence-electron chi connectivity index (χ3n) is 4.56. The molecule has 26 heavy (non-hydrogen) atoms. The van der Waals surface area contributed by atoms with Crippen molar-refractivity contribution in [2.75, 3.05) is 19.8 Å². The van der Waals surface area contributed by atoms with Crippen molar-refractivity contribution in [3.05, 3.63) is 0 Å². The standard InChI is InChI=1S/C15H19FO10/c1-6-19-3-8(22-6)9-10(11-12(25-9)24-7(2)23-11)26-13(17)15(16)4-20-14(18)21-5-15/h6-12H,3-5H2,1-2H3/t6?,7?,8?,9-,10+,11-,12+/m1/s1. The fraction of sp³-hybridized carbons (Fsp3) is 0.867. The molecule has 0 bridgehead atoms. The summed E-state index contributed by atoms with van der Waals surface area (Å²) >= 11 is 0. The van der Waals surface area contributed by atoms with E-state index in [2.05, 4.69) is 9.47 Å². The number of cyclic esters (lactones) is 2. The summed E-state index contributed by atoms with van der Waals surface area (Å²) in [6.45, 7) is 2.03. The number of hydrogen-bond acceptors (Lipinski definition) is 10.